The molecule has 1 atom stereocenters. The molecule has 8 rings (SSSR count). The van der Waals surface area contributed by atoms with Gasteiger partial charge in [0, 0.05) is 89.4 Å². The van der Waals surface area contributed by atoms with Crippen LogP contribution >= 0.6 is 0 Å². The van der Waals surface area contributed by atoms with E-state index >= 15 is 0 Å². The zero-order chi connectivity index (χ0) is 37.2. The number of piperidine rings is 4. The summed E-state index contributed by atoms with van der Waals surface area (Å²) in [5, 5.41) is 21.3. The molecule has 2 N–H and O–H groups in total. The van der Waals surface area contributed by atoms with E-state index in [0.29, 0.717) is 55.9 Å². The van der Waals surface area contributed by atoms with Crippen molar-refractivity contribution in [2.45, 2.75) is 87.9 Å². The second-order valence-electron chi connectivity index (χ2n) is 16.1. The molecule has 54 heavy (non-hydrogen) atoms. The van der Waals surface area contributed by atoms with Crippen molar-refractivity contribution in [1.82, 2.24) is 25.3 Å². The predicted molar refractivity (Wildman–Crippen MR) is 206 cm³/mol. The Labute approximate surface area is 317 Å². The Kier molecular flexibility index (Phi) is 10.6. The van der Waals surface area contributed by atoms with Gasteiger partial charge in [0.25, 0.3) is 5.91 Å². The Balaban J connectivity index is 0.809. The van der Waals surface area contributed by atoms with Crippen molar-refractivity contribution in [3.05, 3.63) is 66.4 Å². The summed E-state index contributed by atoms with van der Waals surface area (Å²) in [6.45, 7) is 6.52. The lowest BCUT2D eigenvalue weighted by Crippen LogP contribution is -2.59. The van der Waals surface area contributed by atoms with E-state index in [2.05, 4.69) is 42.3 Å². The second-order valence-corrected chi connectivity index (χ2v) is 16.1. The number of phenolic OH excluding ortho intramolecular Hbond substituents is 1. The number of imide groups is 1. The van der Waals surface area contributed by atoms with Gasteiger partial charge in [0.05, 0.1) is 29.6 Å². The number of aromatic hydroxyl groups is 1. The summed E-state index contributed by atoms with van der Waals surface area (Å²) < 4.78 is 6.64. The highest BCUT2D eigenvalue weighted by Gasteiger charge is 2.49. The Morgan fingerprint density at radius 3 is 2.28 bits per heavy atom. The van der Waals surface area contributed by atoms with Gasteiger partial charge in [0.2, 0.25) is 11.8 Å². The summed E-state index contributed by atoms with van der Waals surface area (Å²) in [5.74, 6) is 0.350. The van der Waals surface area contributed by atoms with Gasteiger partial charge < -0.3 is 29.4 Å². The van der Waals surface area contributed by atoms with Crippen molar-refractivity contribution < 1.29 is 24.2 Å². The predicted octanol–water partition coefficient (Wildman–Crippen LogP) is 4.73. The highest BCUT2D eigenvalue weighted by Crippen LogP contribution is 2.39. The standard InChI is InChI=1S/C42H53N7O5/c1-46(41(53)42(54-34-10-11-34)18-24-49(25-19-42)33-26-37(45-43-27-33)36-4-2-3-5-38(36)50)31-16-20-47(21-17-31)28-29-14-22-48(23-15-29)32-8-6-30(7-9-32)35-12-13-39(51)44-40(35)52/h2-9,26-27,29,31,34-35,50H,10-25,28H2,1H3,(H,44,51,52)/t35-/m1/s1. The molecule has 0 bridgehead atoms. The third kappa shape index (κ3) is 7.95. The van der Waals surface area contributed by atoms with Crippen molar-refractivity contribution in [1.29, 1.82) is 0 Å². The molecule has 2 aromatic carbocycles. The molecule has 12 heteroatoms. The third-order valence-electron chi connectivity index (χ3n) is 12.5. The molecule has 1 aromatic heterocycles. The molecule has 0 unspecified atom stereocenters. The molecule has 1 saturated carbocycles. The third-order valence-corrected chi connectivity index (χ3v) is 12.5. The van der Waals surface area contributed by atoms with Gasteiger partial charge in [-0.3, -0.25) is 19.7 Å². The quantitative estimate of drug-likeness (QED) is 0.282. The Morgan fingerprint density at radius 2 is 1.59 bits per heavy atom. The van der Waals surface area contributed by atoms with Gasteiger partial charge in [-0.2, -0.15) is 10.2 Å². The molecule has 0 spiro atoms. The van der Waals surface area contributed by atoms with E-state index < -0.39 is 5.60 Å². The minimum Gasteiger partial charge on any atom is -0.507 e. The molecule has 3 amide bonds. The van der Waals surface area contributed by atoms with Gasteiger partial charge in [-0.05, 0) is 86.8 Å². The first-order valence-electron chi connectivity index (χ1n) is 20.0. The number of amides is 3. The number of aromatic nitrogens is 2. The first kappa shape index (κ1) is 36.4. The summed E-state index contributed by atoms with van der Waals surface area (Å²) in [6.07, 6.45) is 10.5. The summed E-state index contributed by atoms with van der Waals surface area (Å²) >= 11 is 0. The van der Waals surface area contributed by atoms with Crippen molar-refractivity contribution in [2.75, 3.05) is 62.7 Å². The highest BCUT2D eigenvalue weighted by atomic mass is 16.5. The molecule has 0 radical (unpaired) electrons. The van der Waals surface area contributed by atoms with Crippen LogP contribution in [0.3, 0.4) is 0 Å². The molecule has 286 valence electrons. The number of benzene rings is 2. The average molecular weight is 736 g/mol. The Bertz CT molecular complexity index is 1810. The molecule has 5 fully saturated rings. The van der Waals surface area contributed by atoms with Crippen LogP contribution in [0, 0.1) is 5.92 Å². The maximum Gasteiger partial charge on any atom is 0.254 e. The highest BCUT2D eigenvalue weighted by molar-refractivity contribution is 6.01. The fourth-order valence-electron chi connectivity index (χ4n) is 9.01. The molecule has 1 aliphatic carbocycles. The van der Waals surface area contributed by atoms with E-state index in [1.165, 1.54) is 5.69 Å². The Hall–Kier alpha value is -4.55. The number of nitrogens with one attached hydrogen (secondary N) is 1. The number of anilines is 2. The van der Waals surface area contributed by atoms with E-state index in [-0.39, 0.29) is 41.5 Å². The van der Waals surface area contributed by atoms with E-state index in [1.54, 1.807) is 18.3 Å². The van der Waals surface area contributed by atoms with E-state index in [1.807, 2.05) is 42.3 Å². The van der Waals surface area contributed by atoms with Gasteiger partial charge in [-0.25, -0.2) is 0 Å². The minimum atomic E-state index is -0.802. The maximum atomic E-state index is 14.4. The maximum absolute atomic E-state index is 14.4. The molecule has 12 nitrogen and oxygen atoms in total. The minimum absolute atomic E-state index is 0.132. The number of nitrogens with zero attached hydrogens (tertiary/aromatic N) is 6. The van der Waals surface area contributed by atoms with Crippen LogP contribution in [0.1, 0.15) is 75.7 Å². The van der Waals surface area contributed by atoms with Crippen LogP contribution in [0.5, 0.6) is 5.75 Å². The molecule has 5 heterocycles. The summed E-state index contributed by atoms with van der Waals surface area (Å²) in [4.78, 5) is 47.5. The van der Waals surface area contributed by atoms with Crippen molar-refractivity contribution >= 4 is 29.1 Å². The van der Waals surface area contributed by atoms with Crippen molar-refractivity contribution in [3.8, 4) is 17.0 Å². The number of likely N-dealkylation sites (N-methyl/N-ethyl adjacent to an activating group) is 1. The molecule has 4 saturated heterocycles. The SMILES string of the molecule is CN(C(=O)C1(OC2CC2)CCN(c2cnnc(-c3ccccc3O)c2)CC1)C1CCN(CC2CCN(c3ccc([C@H]4CCC(=O)NC4=O)cc3)CC2)CC1. The zero-order valence-electron chi connectivity index (χ0n) is 31.4. The number of phenols is 1. The smallest absolute Gasteiger partial charge is 0.254 e. The van der Waals surface area contributed by atoms with E-state index in [9.17, 15) is 19.5 Å². The average Bonchev–Trinajstić information content (AvgIpc) is 4.02. The number of para-hydroxylation sites is 1. The lowest BCUT2D eigenvalue weighted by atomic mass is 9.88. The van der Waals surface area contributed by atoms with Crippen LogP contribution < -0.4 is 15.1 Å². The number of ether oxygens (including phenoxy) is 1. The number of rotatable bonds is 10. The Morgan fingerprint density at radius 1 is 0.889 bits per heavy atom. The van der Waals surface area contributed by atoms with Crippen LogP contribution in [0.4, 0.5) is 11.4 Å². The largest absolute Gasteiger partial charge is 0.507 e. The summed E-state index contributed by atoms with van der Waals surface area (Å²) in [6, 6.07) is 17.7. The number of hydrogen-bond donors (Lipinski definition) is 2. The first-order chi connectivity index (χ1) is 26.2. The van der Waals surface area contributed by atoms with Gasteiger partial charge in [0.15, 0.2) is 5.60 Å². The van der Waals surface area contributed by atoms with Crippen LogP contribution in [0.2, 0.25) is 0 Å². The van der Waals surface area contributed by atoms with Crippen LogP contribution in [-0.4, -0.2) is 113 Å². The molecular formula is C42H53N7O5. The van der Waals surface area contributed by atoms with Crippen LogP contribution in [-0.2, 0) is 19.1 Å². The molecule has 3 aromatic rings. The van der Waals surface area contributed by atoms with Crippen LogP contribution in [0.15, 0.2) is 60.8 Å². The van der Waals surface area contributed by atoms with Gasteiger partial charge in [0.1, 0.15) is 5.75 Å². The lowest BCUT2D eigenvalue weighted by Gasteiger charge is -2.46. The lowest BCUT2D eigenvalue weighted by molar-refractivity contribution is -0.165. The fourth-order valence-corrected chi connectivity index (χ4v) is 9.01. The number of carbonyl (C=O) groups excluding carboxylic acids is 3. The fraction of sp³-hybridized carbons (Fsp3) is 0.548. The zero-order valence-corrected chi connectivity index (χ0v) is 31.4. The van der Waals surface area contributed by atoms with Crippen molar-refractivity contribution in [2.24, 2.45) is 5.92 Å². The van der Waals surface area contributed by atoms with Crippen molar-refractivity contribution in [3.63, 3.8) is 0 Å². The van der Waals surface area contributed by atoms with E-state index in [0.717, 1.165) is 82.5 Å². The second kappa shape index (κ2) is 15.7. The molecule has 5 aliphatic rings. The normalized spacial score (nSPS) is 22.9. The topological polar surface area (TPSA) is 131 Å². The first-order valence-corrected chi connectivity index (χ1v) is 20.0. The van der Waals surface area contributed by atoms with Gasteiger partial charge >= 0.3 is 0 Å². The number of carbonyl (C=O) groups is 3. The van der Waals surface area contributed by atoms with E-state index in [4.69, 9.17) is 4.74 Å². The number of hydrogen-bond acceptors (Lipinski definition) is 10. The van der Waals surface area contributed by atoms with Gasteiger partial charge in [-0.15, -0.1) is 0 Å². The molecule has 4 aliphatic heterocycles. The monoisotopic (exact) mass is 735 g/mol. The van der Waals surface area contributed by atoms with Crippen LogP contribution in [0.25, 0.3) is 11.3 Å². The summed E-state index contributed by atoms with van der Waals surface area (Å²) in [5.41, 5.74) is 3.58. The molecular weight excluding hydrogens is 683 g/mol. The number of likely N-dealkylation sites (tertiary alicyclic amines) is 1. The summed E-state index contributed by atoms with van der Waals surface area (Å²) in [7, 11) is 1.99. The van der Waals surface area contributed by atoms with Gasteiger partial charge in [-0.1, -0.05) is 24.3 Å².